The Labute approximate surface area is 122 Å². The highest BCUT2D eigenvalue weighted by molar-refractivity contribution is 5.23. The van der Waals surface area contributed by atoms with Crippen LogP contribution in [-0.2, 0) is 6.42 Å². The standard InChI is InChI=1S/2C9H13N/c1-7-3-5-9(6-4-7)8(2)10;1-8-2-4-9(5-3-8)6-7-10/h3-6,8H,10H2,1-2H3;2-5H,6-7,10H2,1H3/t8-;/m0./s1. The van der Waals surface area contributed by atoms with Crippen molar-refractivity contribution >= 4 is 0 Å². The Morgan fingerprint density at radius 3 is 1.70 bits per heavy atom. The van der Waals surface area contributed by atoms with E-state index >= 15 is 0 Å². The minimum absolute atomic E-state index is 0.153. The van der Waals surface area contributed by atoms with Crippen LogP contribution in [0, 0.1) is 13.8 Å². The van der Waals surface area contributed by atoms with Gasteiger partial charge in [0.15, 0.2) is 0 Å². The number of hydrogen-bond donors (Lipinski definition) is 2. The molecule has 4 N–H and O–H groups in total. The van der Waals surface area contributed by atoms with E-state index in [9.17, 15) is 0 Å². The van der Waals surface area contributed by atoms with Crippen molar-refractivity contribution in [2.24, 2.45) is 11.5 Å². The molecule has 0 radical (unpaired) electrons. The summed E-state index contributed by atoms with van der Waals surface area (Å²) >= 11 is 0. The van der Waals surface area contributed by atoms with E-state index in [1.807, 2.05) is 6.92 Å². The molecule has 0 heterocycles. The van der Waals surface area contributed by atoms with Crippen LogP contribution in [0.3, 0.4) is 0 Å². The Morgan fingerprint density at radius 1 is 0.850 bits per heavy atom. The van der Waals surface area contributed by atoms with E-state index in [2.05, 4.69) is 62.4 Å². The number of rotatable bonds is 3. The lowest BCUT2D eigenvalue weighted by atomic mass is 10.1. The molecule has 2 rings (SSSR count). The fraction of sp³-hybridized carbons (Fsp3) is 0.333. The molecule has 0 fully saturated rings. The first kappa shape index (κ1) is 16.4. The van der Waals surface area contributed by atoms with Crippen molar-refractivity contribution in [3.8, 4) is 0 Å². The van der Waals surface area contributed by atoms with Crippen LogP contribution in [0.5, 0.6) is 0 Å². The summed E-state index contributed by atoms with van der Waals surface area (Å²) in [6, 6.07) is 16.9. The fourth-order valence-corrected chi connectivity index (χ4v) is 1.79. The molecule has 20 heavy (non-hydrogen) atoms. The van der Waals surface area contributed by atoms with Crippen LogP contribution in [0.25, 0.3) is 0 Å². The molecule has 0 aliphatic carbocycles. The molecule has 2 heteroatoms. The van der Waals surface area contributed by atoms with Crippen LogP contribution in [-0.4, -0.2) is 6.54 Å². The largest absolute Gasteiger partial charge is 0.330 e. The van der Waals surface area contributed by atoms with Crippen molar-refractivity contribution in [3.05, 3.63) is 70.8 Å². The van der Waals surface area contributed by atoms with Crippen LogP contribution >= 0.6 is 0 Å². The quantitative estimate of drug-likeness (QED) is 0.896. The lowest BCUT2D eigenvalue weighted by molar-refractivity contribution is 0.818. The average molecular weight is 270 g/mol. The van der Waals surface area contributed by atoms with Gasteiger partial charge in [-0.2, -0.15) is 0 Å². The van der Waals surface area contributed by atoms with Gasteiger partial charge in [-0.15, -0.1) is 0 Å². The van der Waals surface area contributed by atoms with Gasteiger partial charge < -0.3 is 11.5 Å². The second-order valence-electron chi connectivity index (χ2n) is 5.22. The van der Waals surface area contributed by atoms with E-state index in [1.54, 1.807) is 0 Å². The Morgan fingerprint density at radius 2 is 1.30 bits per heavy atom. The van der Waals surface area contributed by atoms with E-state index in [-0.39, 0.29) is 6.04 Å². The van der Waals surface area contributed by atoms with Gasteiger partial charge in [-0.3, -0.25) is 0 Å². The highest BCUT2D eigenvalue weighted by Gasteiger charge is 1.95. The molecule has 0 unspecified atom stereocenters. The molecule has 2 nitrogen and oxygen atoms in total. The summed E-state index contributed by atoms with van der Waals surface area (Å²) in [6.45, 7) is 6.89. The normalized spacial score (nSPS) is 11.4. The molecular formula is C18H26N2. The second-order valence-corrected chi connectivity index (χ2v) is 5.22. The van der Waals surface area contributed by atoms with E-state index in [0.29, 0.717) is 0 Å². The monoisotopic (exact) mass is 270 g/mol. The molecule has 0 aliphatic rings. The third-order valence-electron chi connectivity index (χ3n) is 3.16. The maximum Gasteiger partial charge on any atom is 0.0266 e. The van der Waals surface area contributed by atoms with Crippen molar-refractivity contribution < 1.29 is 0 Å². The summed E-state index contributed by atoms with van der Waals surface area (Å²) in [5, 5.41) is 0. The molecule has 0 saturated carbocycles. The molecule has 0 aromatic heterocycles. The Hall–Kier alpha value is -1.64. The van der Waals surface area contributed by atoms with Gasteiger partial charge in [0.25, 0.3) is 0 Å². The molecule has 0 saturated heterocycles. The lowest BCUT2D eigenvalue weighted by Gasteiger charge is -2.03. The smallest absolute Gasteiger partial charge is 0.0266 e. The molecule has 0 amide bonds. The van der Waals surface area contributed by atoms with E-state index in [0.717, 1.165) is 13.0 Å². The van der Waals surface area contributed by atoms with Crippen LogP contribution in [0.15, 0.2) is 48.5 Å². The van der Waals surface area contributed by atoms with E-state index < -0.39 is 0 Å². The molecular weight excluding hydrogens is 244 g/mol. The van der Waals surface area contributed by atoms with Crippen molar-refractivity contribution in [3.63, 3.8) is 0 Å². The summed E-state index contributed by atoms with van der Waals surface area (Å²) in [5.74, 6) is 0. The maximum absolute atomic E-state index is 5.66. The zero-order chi connectivity index (χ0) is 15.0. The first-order valence-corrected chi connectivity index (χ1v) is 7.10. The molecule has 1 atom stereocenters. The summed E-state index contributed by atoms with van der Waals surface area (Å²) in [4.78, 5) is 0. The lowest BCUT2D eigenvalue weighted by Crippen LogP contribution is -2.04. The first-order chi connectivity index (χ1) is 9.52. The van der Waals surface area contributed by atoms with Gasteiger partial charge >= 0.3 is 0 Å². The zero-order valence-corrected chi connectivity index (χ0v) is 12.8. The Bertz CT molecular complexity index is 484. The van der Waals surface area contributed by atoms with Gasteiger partial charge in [0, 0.05) is 6.04 Å². The van der Waals surface area contributed by atoms with Crippen molar-refractivity contribution in [1.82, 2.24) is 0 Å². The molecule has 0 spiro atoms. The van der Waals surface area contributed by atoms with Gasteiger partial charge in [-0.05, 0) is 44.9 Å². The van der Waals surface area contributed by atoms with Crippen LogP contribution in [0.4, 0.5) is 0 Å². The molecule has 0 bridgehead atoms. The maximum atomic E-state index is 5.66. The minimum Gasteiger partial charge on any atom is -0.330 e. The summed E-state index contributed by atoms with van der Waals surface area (Å²) in [7, 11) is 0. The van der Waals surface area contributed by atoms with Crippen LogP contribution < -0.4 is 11.5 Å². The third-order valence-corrected chi connectivity index (χ3v) is 3.16. The Balaban J connectivity index is 0.000000200. The highest BCUT2D eigenvalue weighted by Crippen LogP contribution is 2.09. The first-order valence-electron chi connectivity index (χ1n) is 7.10. The summed E-state index contributed by atoms with van der Waals surface area (Å²) < 4.78 is 0. The van der Waals surface area contributed by atoms with E-state index in [1.165, 1.54) is 22.3 Å². The van der Waals surface area contributed by atoms with Crippen molar-refractivity contribution in [2.45, 2.75) is 33.2 Å². The predicted molar refractivity (Wildman–Crippen MR) is 87.7 cm³/mol. The molecule has 0 aliphatic heterocycles. The van der Waals surface area contributed by atoms with Gasteiger partial charge in [0.2, 0.25) is 0 Å². The fourth-order valence-electron chi connectivity index (χ4n) is 1.79. The average Bonchev–Trinajstić information content (AvgIpc) is 2.43. The number of hydrogen-bond acceptors (Lipinski definition) is 2. The molecule has 108 valence electrons. The summed E-state index contributed by atoms with van der Waals surface area (Å²) in [6.07, 6.45) is 0.986. The third kappa shape index (κ3) is 6.00. The van der Waals surface area contributed by atoms with Gasteiger partial charge in [-0.25, -0.2) is 0 Å². The van der Waals surface area contributed by atoms with Gasteiger partial charge in [0.05, 0.1) is 0 Å². The van der Waals surface area contributed by atoms with Gasteiger partial charge in [0.1, 0.15) is 0 Å². The molecule has 2 aromatic rings. The topological polar surface area (TPSA) is 52.0 Å². The van der Waals surface area contributed by atoms with E-state index in [4.69, 9.17) is 11.5 Å². The molecule has 2 aromatic carbocycles. The van der Waals surface area contributed by atoms with Gasteiger partial charge in [-0.1, -0.05) is 59.7 Å². The predicted octanol–water partition coefficient (Wildman–Crippen LogP) is 3.51. The van der Waals surface area contributed by atoms with Crippen LogP contribution in [0.2, 0.25) is 0 Å². The summed E-state index contributed by atoms with van der Waals surface area (Å²) in [5.41, 5.74) is 16.2. The zero-order valence-electron chi connectivity index (χ0n) is 12.8. The SMILES string of the molecule is Cc1ccc(CCN)cc1.Cc1ccc([C@H](C)N)cc1. The minimum atomic E-state index is 0.153. The number of aryl methyl sites for hydroxylation is 2. The van der Waals surface area contributed by atoms with Crippen molar-refractivity contribution in [2.75, 3.05) is 6.54 Å². The Kier molecular flexibility index (Phi) is 6.99. The van der Waals surface area contributed by atoms with Crippen molar-refractivity contribution in [1.29, 1.82) is 0 Å². The number of benzene rings is 2. The highest BCUT2D eigenvalue weighted by atomic mass is 14.6. The second kappa shape index (κ2) is 8.51. The number of nitrogens with two attached hydrogens (primary N) is 2. The van der Waals surface area contributed by atoms with Crippen LogP contribution in [0.1, 0.15) is 35.2 Å².